The number of carbonyl (C=O) groups is 1. The third-order valence-corrected chi connectivity index (χ3v) is 6.49. The molecular weight excluding hydrogens is 424 g/mol. The Labute approximate surface area is 181 Å². The number of hydrogen-bond acceptors (Lipinski definition) is 3. The molecule has 4 heteroatoms. The second kappa shape index (κ2) is 7.49. The van der Waals surface area contributed by atoms with Crippen LogP contribution in [0.4, 0.5) is 11.4 Å². The summed E-state index contributed by atoms with van der Waals surface area (Å²) in [7, 11) is 0. The topological polar surface area (TPSA) is 41.1 Å². The van der Waals surface area contributed by atoms with Gasteiger partial charge in [-0.05, 0) is 60.6 Å². The molecule has 1 heterocycles. The third-order valence-electron chi connectivity index (χ3n) is 5.81. The van der Waals surface area contributed by atoms with Crippen LogP contribution in [0.25, 0.3) is 6.08 Å². The highest BCUT2D eigenvalue weighted by Crippen LogP contribution is 2.44. The molecule has 3 nitrogen and oxygen atoms in total. The maximum absolute atomic E-state index is 13.3. The minimum atomic E-state index is -0.218. The lowest BCUT2D eigenvalue weighted by Crippen LogP contribution is -2.35. The molecule has 2 N–H and O–H groups in total. The number of allylic oxidation sites excluding steroid dienone is 1. The van der Waals surface area contributed by atoms with E-state index in [1.807, 2.05) is 18.2 Å². The molecule has 1 aliphatic heterocycles. The van der Waals surface area contributed by atoms with Crippen LogP contribution in [0.1, 0.15) is 43.4 Å². The molecule has 0 saturated heterocycles. The van der Waals surface area contributed by atoms with Crippen molar-refractivity contribution in [2.24, 2.45) is 5.41 Å². The number of rotatable bonds is 2. The summed E-state index contributed by atoms with van der Waals surface area (Å²) in [6.45, 7) is 8.57. The van der Waals surface area contributed by atoms with Gasteiger partial charge in [0.05, 0.1) is 17.4 Å². The molecule has 29 heavy (non-hydrogen) atoms. The lowest BCUT2D eigenvalue weighted by atomic mass is 9.74. The van der Waals surface area contributed by atoms with Gasteiger partial charge in [0.2, 0.25) is 0 Å². The van der Waals surface area contributed by atoms with Crippen LogP contribution in [0.15, 0.2) is 58.2 Å². The summed E-state index contributed by atoms with van der Waals surface area (Å²) in [6, 6.07) is 14.3. The van der Waals surface area contributed by atoms with Crippen molar-refractivity contribution in [1.29, 1.82) is 0 Å². The molecule has 4 rings (SSSR count). The molecule has 1 aliphatic carbocycles. The molecule has 0 spiro atoms. The number of benzene rings is 2. The zero-order chi connectivity index (χ0) is 20.8. The van der Waals surface area contributed by atoms with E-state index in [1.165, 1.54) is 11.1 Å². The summed E-state index contributed by atoms with van der Waals surface area (Å²) in [5, 5.41) is 7.26. The van der Waals surface area contributed by atoms with E-state index in [0.29, 0.717) is 6.42 Å². The van der Waals surface area contributed by atoms with Gasteiger partial charge in [-0.1, -0.05) is 60.1 Å². The van der Waals surface area contributed by atoms with E-state index in [9.17, 15) is 4.79 Å². The molecule has 0 bridgehead atoms. The van der Waals surface area contributed by atoms with Crippen LogP contribution in [-0.4, -0.2) is 11.8 Å². The van der Waals surface area contributed by atoms with E-state index in [1.54, 1.807) is 0 Å². The number of halogens is 1. The summed E-state index contributed by atoms with van der Waals surface area (Å²) in [4.78, 5) is 13.3. The molecule has 0 fully saturated rings. The molecule has 150 valence electrons. The second-order valence-corrected chi connectivity index (χ2v) is 9.87. The van der Waals surface area contributed by atoms with Gasteiger partial charge in [-0.25, -0.2) is 0 Å². The molecule has 1 unspecified atom stereocenters. The third kappa shape index (κ3) is 4.04. The average molecular weight is 451 g/mol. The number of Topliss-reactive ketones (excluding diaryl/α,β-unsaturated/α-hetero) is 1. The van der Waals surface area contributed by atoms with Gasteiger partial charge in [0, 0.05) is 22.2 Å². The number of aryl methyl sites for hydroxylation is 2. The first-order valence-electron chi connectivity index (χ1n) is 10.1. The fourth-order valence-corrected chi connectivity index (χ4v) is 4.82. The number of hydrogen-bond donors (Lipinski definition) is 2. The SMILES string of the molecule is Cc1cc2c(cc1C)NC(C(Br)=Cc1ccccc1)C1=C(CC(C)(C)CC1=O)N2. The van der Waals surface area contributed by atoms with Crippen LogP contribution in [-0.2, 0) is 4.79 Å². The molecule has 0 radical (unpaired) electrons. The van der Waals surface area contributed by atoms with Gasteiger partial charge >= 0.3 is 0 Å². The van der Waals surface area contributed by atoms with Crippen LogP contribution in [0.2, 0.25) is 0 Å². The van der Waals surface area contributed by atoms with Gasteiger partial charge < -0.3 is 10.6 Å². The monoisotopic (exact) mass is 450 g/mol. The minimum absolute atomic E-state index is 0.0483. The Morgan fingerprint density at radius 2 is 1.72 bits per heavy atom. The summed E-state index contributed by atoms with van der Waals surface area (Å²) in [5.41, 5.74) is 7.45. The smallest absolute Gasteiger partial charge is 0.163 e. The normalized spacial score (nSPS) is 20.9. The number of anilines is 2. The zero-order valence-corrected chi connectivity index (χ0v) is 19.0. The maximum atomic E-state index is 13.3. The van der Waals surface area contributed by atoms with Gasteiger partial charge in [0.1, 0.15) is 0 Å². The molecule has 2 aromatic carbocycles. The van der Waals surface area contributed by atoms with Crippen molar-refractivity contribution in [3.8, 4) is 0 Å². The van der Waals surface area contributed by atoms with Gasteiger partial charge in [0.25, 0.3) is 0 Å². The molecule has 0 aromatic heterocycles. The molecule has 0 amide bonds. The quantitative estimate of drug-likeness (QED) is 0.541. The Bertz CT molecular complexity index is 1030. The number of ketones is 1. The van der Waals surface area contributed by atoms with Crippen molar-refractivity contribution < 1.29 is 4.79 Å². The summed E-state index contributed by atoms with van der Waals surface area (Å²) in [5.74, 6) is 0.209. The Balaban J connectivity index is 1.85. The average Bonchev–Trinajstić information content (AvgIpc) is 2.78. The Kier molecular flexibility index (Phi) is 5.16. The number of nitrogens with one attached hydrogen (secondary N) is 2. The summed E-state index contributed by atoms with van der Waals surface area (Å²) in [6.07, 6.45) is 3.51. The first-order chi connectivity index (χ1) is 13.7. The van der Waals surface area contributed by atoms with Crippen molar-refractivity contribution >= 4 is 39.2 Å². The Hall–Kier alpha value is -2.33. The number of carbonyl (C=O) groups excluding carboxylic acids is 1. The molecule has 1 atom stereocenters. The van der Waals surface area contributed by atoms with Crippen molar-refractivity contribution in [1.82, 2.24) is 0 Å². The summed E-state index contributed by atoms with van der Waals surface area (Å²) < 4.78 is 0.956. The fourth-order valence-electron chi connectivity index (χ4n) is 4.21. The number of fused-ring (bicyclic) bond motifs is 1. The molecule has 2 aliphatic rings. The van der Waals surface area contributed by atoms with E-state index >= 15 is 0 Å². The van der Waals surface area contributed by atoms with Gasteiger partial charge in [0.15, 0.2) is 5.78 Å². The first kappa shape index (κ1) is 20.0. The highest BCUT2D eigenvalue weighted by molar-refractivity contribution is 9.11. The van der Waals surface area contributed by atoms with E-state index in [2.05, 4.69) is 84.6 Å². The highest BCUT2D eigenvalue weighted by atomic mass is 79.9. The Morgan fingerprint density at radius 1 is 1.07 bits per heavy atom. The van der Waals surface area contributed by atoms with Crippen LogP contribution in [0, 0.1) is 19.3 Å². The summed E-state index contributed by atoms with van der Waals surface area (Å²) >= 11 is 3.80. The minimum Gasteiger partial charge on any atom is -0.372 e. The van der Waals surface area contributed by atoms with Crippen LogP contribution in [0.3, 0.4) is 0 Å². The lowest BCUT2D eigenvalue weighted by Gasteiger charge is -2.34. The zero-order valence-electron chi connectivity index (χ0n) is 17.4. The Morgan fingerprint density at radius 3 is 2.41 bits per heavy atom. The van der Waals surface area contributed by atoms with E-state index < -0.39 is 0 Å². The first-order valence-corrected chi connectivity index (χ1v) is 10.9. The molecule has 0 saturated carbocycles. The van der Waals surface area contributed by atoms with E-state index in [4.69, 9.17) is 0 Å². The van der Waals surface area contributed by atoms with Crippen molar-refractivity contribution in [3.63, 3.8) is 0 Å². The van der Waals surface area contributed by atoms with Crippen LogP contribution >= 0.6 is 15.9 Å². The van der Waals surface area contributed by atoms with Crippen LogP contribution in [0.5, 0.6) is 0 Å². The maximum Gasteiger partial charge on any atom is 0.163 e. The standard InChI is InChI=1S/C25H27BrN2O/c1-15-10-19-20(11-16(15)2)28-24(18(26)12-17-8-6-5-7-9-17)23-21(27-19)13-25(3,4)14-22(23)29/h5-12,24,27-28H,13-14H2,1-4H3. The predicted molar refractivity (Wildman–Crippen MR) is 125 cm³/mol. The fraction of sp³-hybridized carbons (Fsp3) is 0.320. The van der Waals surface area contributed by atoms with Gasteiger partial charge in [-0.2, -0.15) is 0 Å². The van der Waals surface area contributed by atoms with Crippen molar-refractivity contribution in [3.05, 3.63) is 74.9 Å². The van der Waals surface area contributed by atoms with E-state index in [-0.39, 0.29) is 17.2 Å². The second-order valence-electron chi connectivity index (χ2n) is 8.96. The molecular formula is C25H27BrN2O. The van der Waals surface area contributed by atoms with Gasteiger partial charge in [-0.3, -0.25) is 4.79 Å². The predicted octanol–water partition coefficient (Wildman–Crippen LogP) is 6.59. The van der Waals surface area contributed by atoms with E-state index in [0.717, 1.165) is 39.1 Å². The lowest BCUT2D eigenvalue weighted by molar-refractivity contribution is -0.118. The van der Waals surface area contributed by atoms with Gasteiger partial charge in [-0.15, -0.1) is 0 Å². The van der Waals surface area contributed by atoms with Crippen LogP contribution < -0.4 is 10.6 Å². The largest absolute Gasteiger partial charge is 0.372 e. The highest BCUT2D eigenvalue weighted by Gasteiger charge is 2.39. The van der Waals surface area contributed by atoms with Crippen molar-refractivity contribution in [2.45, 2.75) is 46.6 Å². The van der Waals surface area contributed by atoms with Crippen molar-refractivity contribution in [2.75, 3.05) is 10.6 Å². The molecule has 2 aromatic rings.